The van der Waals surface area contributed by atoms with Gasteiger partial charge < -0.3 is 14.6 Å². The molecule has 0 saturated carbocycles. The molecule has 0 aliphatic rings. The molecule has 0 aliphatic heterocycles. The van der Waals surface area contributed by atoms with Gasteiger partial charge in [0.15, 0.2) is 0 Å². The van der Waals surface area contributed by atoms with Crippen molar-refractivity contribution in [1.82, 2.24) is 9.88 Å². The molecule has 1 unspecified atom stereocenters. The van der Waals surface area contributed by atoms with E-state index in [-0.39, 0.29) is 17.9 Å². The van der Waals surface area contributed by atoms with E-state index in [1.54, 1.807) is 13.8 Å². The minimum absolute atomic E-state index is 0.104. The number of nitrogens with one attached hydrogen (secondary N) is 1. The second-order valence-corrected chi connectivity index (χ2v) is 5.18. The molecular weight excluding hydrogens is 268 g/mol. The molecule has 0 saturated heterocycles. The van der Waals surface area contributed by atoms with Gasteiger partial charge >= 0.3 is 5.97 Å². The van der Waals surface area contributed by atoms with Gasteiger partial charge in [-0.1, -0.05) is 6.92 Å². The lowest BCUT2D eigenvalue weighted by atomic mass is 10.1. The highest BCUT2D eigenvalue weighted by Crippen LogP contribution is 2.23. The molecule has 1 N–H and O–H groups in total. The maximum Gasteiger partial charge on any atom is 0.355 e. The Balaban J connectivity index is 3.29. The van der Waals surface area contributed by atoms with Gasteiger partial charge in [-0.15, -0.1) is 0 Å². The fourth-order valence-electron chi connectivity index (χ4n) is 2.49. The van der Waals surface area contributed by atoms with Gasteiger partial charge in [0.25, 0.3) is 5.91 Å². The summed E-state index contributed by atoms with van der Waals surface area (Å²) in [5.41, 5.74) is 2.55. The van der Waals surface area contributed by atoms with Crippen molar-refractivity contribution < 1.29 is 14.3 Å². The molecule has 5 heteroatoms. The Morgan fingerprint density at radius 1 is 1.24 bits per heavy atom. The van der Waals surface area contributed by atoms with Gasteiger partial charge in [-0.05, 0) is 46.6 Å². The zero-order chi connectivity index (χ0) is 16.2. The molecule has 21 heavy (non-hydrogen) atoms. The quantitative estimate of drug-likeness (QED) is 0.821. The van der Waals surface area contributed by atoms with Crippen LogP contribution >= 0.6 is 0 Å². The Labute approximate surface area is 126 Å². The van der Waals surface area contributed by atoms with Crippen LogP contribution in [-0.4, -0.2) is 29.1 Å². The van der Waals surface area contributed by atoms with E-state index in [1.165, 1.54) is 0 Å². The van der Waals surface area contributed by atoms with Crippen LogP contribution in [0, 0.1) is 13.8 Å². The summed E-state index contributed by atoms with van der Waals surface area (Å²) in [5, 5.41) is 2.96. The zero-order valence-corrected chi connectivity index (χ0v) is 13.9. The summed E-state index contributed by atoms with van der Waals surface area (Å²) in [6, 6.07) is 0.104. The van der Waals surface area contributed by atoms with E-state index in [2.05, 4.69) is 5.32 Å². The Hall–Kier alpha value is -1.78. The molecule has 1 aromatic rings. The minimum atomic E-state index is -0.373. The Kier molecular flexibility index (Phi) is 6.00. The largest absolute Gasteiger partial charge is 0.461 e. The molecule has 5 nitrogen and oxygen atoms in total. The van der Waals surface area contributed by atoms with E-state index in [9.17, 15) is 9.59 Å². The first-order valence-electron chi connectivity index (χ1n) is 7.56. The van der Waals surface area contributed by atoms with Gasteiger partial charge in [0.05, 0.1) is 12.2 Å². The smallest absolute Gasteiger partial charge is 0.355 e. The van der Waals surface area contributed by atoms with Gasteiger partial charge in [0.1, 0.15) is 5.69 Å². The summed E-state index contributed by atoms with van der Waals surface area (Å²) in [6.07, 6.45) is 0.864. The third-order valence-corrected chi connectivity index (χ3v) is 3.77. The number of carbonyl (C=O) groups excluding carboxylic acids is 2. The molecule has 0 fully saturated rings. The van der Waals surface area contributed by atoms with Gasteiger partial charge in [-0.2, -0.15) is 0 Å². The molecular formula is C16H26N2O3. The molecule has 1 aromatic heterocycles. The summed E-state index contributed by atoms with van der Waals surface area (Å²) in [5.74, 6) is -0.500. The van der Waals surface area contributed by atoms with Crippen molar-refractivity contribution in [2.24, 2.45) is 0 Å². The Morgan fingerprint density at radius 3 is 2.33 bits per heavy atom. The van der Waals surface area contributed by atoms with Gasteiger partial charge in [0, 0.05) is 18.3 Å². The van der Waals surface area contributed by atoms with E-state index in [1.807, 2.05) is 32.3 Å². The van der Waals surface area contributed by atoms with Crippen LogP contribution in [0.2, 0.25) is 0 Å². The van der Waals surface area contributed by atoms with Crippen molar-refractivity contribution in [2.45, 2.75) is 60.5 Å². The summed E-state index contributed by atoms with van der Waals surface area (Å²) in [6.45, 7) is 12.3. The number of hydrogen-bond donors (Lipinski definition) is 1. The summed E-state index contributed by atoms with van der Waals surface area (Å²) in [4.78, 5) is 24.6. The lowest BCUT2D eigenvalue weighted by molar-refractivity contribution is 0.0512. The molecule has 0 aliphatic carbocycles. The number of aromatic nitrogens is 1. The van der Waals surface area contributed by atoms with E-state index in [0.29, 0.717) is 30.0 Å². The number of hydrogen-bond acceptors (Lipinski definition) is 3. The average Bonchev–Trinajstić information content (AvgIpc) is 2.69. The molecule has 0 spiro atoms. The topological polar surface area (TPSA) is 60.3 Å². The highest BCUT2D eigenvalue weighted by molar-refractivity contribution is 6.01. The summed E-state index contributed by atoms with van der Waals surface area (Å²) < 4.78 is 6.96. The van der Waals surface area contributed by atoms with Crippen LogP contribution in [0.3, 0.4) is 0 Å². The third kappa shape index (κ3) is 3.46. The van der Waals surface area contributed by atoms with Crippen LogP contribution in [-0.2, 0) is 11.3 Å². The number of ether oxygens (including phenoxy) is 1. The van der Waals surface area contributed by atoms with Crippen LogP contribution in [0.4, 0.5) is 0 Å². The van der Waals surface area contributed by atoms with Crippen molar-refractivity contribution >= 4 is 11.9 Å². The first-order valence-corrected chi connectivity index (χ1v) is 7.56. The molecule has 1 amide bonds. The summed E-state index contributed by atoms with van der Waals surface area (Å²) >= 11 is 0. The van der Waals surface area contributed by atoms with Crippen LogP contribution in [0.25, 0.3) is 0 Å². The highest BCUT2D eigenvalue weighted by atomic mass is 16.5. The van der Waals surface area contributed by atoms with Crippen molar-refractivity contribution in [1.29, 1.82) is 0 Å². The Morgan fingerprint density at radius 2 is 1.86 bits per heavy atom. The first-order chi connectivity index (χ1) is 9.88. The summed E-state index contributed by atoms with van der Waals surface area (Å²) in [7, 11) is 0. The number of rotatable bonds is 6. The first kappa shape index (κ1) is 17.3. The number of esters is 1. The monoisotopic (exact) mass is 294 g/mol. The SMILES string of the molecule is CCOC(=O)c1c(C)c(C(=O)NC(C)CC)c(C)n1CC. The second kappa shape index (κ2) is 7.29. The highest BCUT2D eigenvalue weighted by Gasteiger charge is 2.26. The van der Waals surface area contributed by atoms with E-state index < -0.39 is 0 Å². The normalized spacial score (nSPS) is 12.1. The van der Waals surface area contributed by atoms with E-state index in [0.717, 1.165) is 12.1 Å². The lowest BCUT2D eigenvalue weighted by Crippen LogP contribution is -2.32. The average molecular weight is 294 g/mol. The fraction of sp³-hybridized carbons (Fsp3) is 0.625. The standard InChI is InChI=1S/C16H26N2O3/c1-7-10(4)17-15(19)13-11(5)14(16(20)21-9-3)18(8-2)12(13)6/h10H,7-9H2,1-6H3,(H,17,19). The van der Waals surface area contributed by atoms with Crippen molar-refractivity contribution in [3.05, 3.63) is 22.5 Å². The van der Waals surface area contributed by atoms with Crippen LogP contribution in [0.5, 0.6) is 0 Å². The molecule has 0 aromatic carbocycles. The van der Waals surface area contributed by atoms with Gasteiger partial charge in [-0.25, -0.2) is 4.79 Å². The Bertz CT molecular complexity index is 532. The minimum Gasteiger partial charge on any atom is -0.461 e. The number of amides is 1. The molecule has 118 valence electrons. The fourth-order valence-corrected chi connectivity index (χ4v) is 2.49. The van der Waals surface area contributed by atoms with E-state index >= 15 is 0 Å². The molecule has 1 heterocycles. The number of carbonyl (C=O) groups is 2. The van der Waals surface area contributed by atoms with E-state index in [4.69, 9.17) is 4.74 Å². The number of nitrogens with zero attached hydrogens (tertiary/aromatic N) is 1. The zero-order valence-electron chi connectivity index (χ0n) is 13.9. The van der Waals surface area contributed by atoms with Crippen molar-refractivity contribution in [2.75, 3.05) is 6.61 Å². The molecule has 1 rings (SSSR count). The predicted octanol–water partition coefficient (Wildman–Crippen LogP) is 2.83. The maximum atomic E-state index is 12.4. The third-order valence-electron chi connectivity index (χ3n) is 3.77. The molecule has 0 radical (unpaired) electrons. The van der Waals surface area contributed by atoms with Crippen LogP contribution < -0.4 is 5.32 Å². The van der Waals surface area contributed by atoms with Gasteiger partial charge in [0.2, 0.25) is 0 Å². The molecule has 1 atom stereocenters. The maximum absolute atomic E-state index is 12.4. The van der Waals surface area contributed by atoms with Gasteiger partial charge in [-0.3, -0.25) is 4.79 Å². The van der Waals surface area contributed by atoms with Crippen molar-refractivity contribution in [3.8, 4) is 0 Å². The molecule has 0 bridgehead atoms. The van der Waals surface area contributed by atoms with Crippen LogP contribution in [0.1, 0.15) is 66.2 Å². The lowest BCUT2D eigenvalue weighted by Gasteiger charge is -2.12. The predicted molar refractivity (Wildman–Crippen MR) is 82.8 cm³/mol. The second-order valence-electron chi connectivity index (χ2n) is 5.18. The van der Waals surface area contributed by atoms with Crippen LogP contribution in [0.15, 0.2) is 0 Å². The van der Waals surface area contributed by atoms with Crippen molar-refractivity contribution in [3.63, 3.8) is 0 Å².